The second-order valence-electron chi connectivity index (χ2n) is 7.77. The fraction of sp³-hybridized carbons (Fsp3) is 0.217. The molecule has 3 aromatic rings. The van der Waals surface area contributed by atoms with Crippen LogP contribution in [-0.2, 0) is 10.3 Å². The summed E-state index contributed by atoms with van der Waals surface area (Å²) >= 11 is 7.43. The fourth-order valence-electron chi connectivity index (χ4n) is 4.99. The summed E-state index contributed by atoms with van der Waals surface area (Å²) in [6, 6.07) is 15.2. The van der Waals surface area contributed by atoms with Crippen molar-refractivity contribution in [3.63, 3.8) is 0 Å². The quantitative estimate of drug-likeness (QED) is 0.588. The molecule has 0 unspecified atom stereocenters. The zero-order valence-corrected chi connectivity index (χ0v) is 17.6. The SMILES string of the molecule is CN1C[C@H](c2ccc(Cl)cc2)[C@@H](C(=O)c2cccs2)[C@@]12C(=O)Nc1ccc(F)cc12. The van der Waals surface area contributed by atoms with Crippen LogP contribution in [0.4, 0.5) is 10.1 Å². The molecule has 1 saturated heterocycles. The summed E-state index contributed by atoms with van der Waals surface area (Å²) in [4.78, 5) is 29.7. The van der Waals surface area contributed by atoms with Crippen molar-refractivity contribution >= 4 is 40.3 Å². The Kier molecular flexibility index (Phi) is 4.54. The van der Waals surface area contributed by atoms with Crippen LogP contribution >= 0.6 is 22.9 Å². The molecule has 2 aliphatic heterocycles. The topological polar surface area (TPSA) is 49.4 Å². The highest BCUT2D eigenvalue weighted by atomic mass is 35.5. The van der Waals surface area contributed by atoms with Crippen LogP contribution in [-0.4, -0.2) is 30.2 Å². The van der Waals surface area contributed by atoms with Crippen LogP contribution < -0.4 is 5.32 Å². The molecule has 1 spiro atoms. The van der Waals surface area contributed by atoms with Gasteiger partial charge >= 0.3 is 0 Å². The second-order valence-corrected chi connectivity index (χ2v) is 9.15. The van der Waals surface area contributed by atoms with E-state index in [1.54, 1.807) is 24.3 Å². The average molecular weight is 441 g/mol. The molecule has 30 heavy (non-hydrogen) atoms. The first-order chi connectivity index (χ1) is 14.4. The van der Waals surface area contributed by atoms with Gasteiger partial charge in [0.05, 0.1) is 10.8 Å². The number of likely N-dealkylation sites (tertiary alicyclic amines) is 1. The molecular formula is C23H18ClFN2O2S. The normalized spacial score (nSPS) is 25.5. The van der Waals surface area contributed by atoms with Crippen molar-refractivity contribution in [3.05, 3.63) is 86.8 Å². The minimum absolute atomic E-state index is 0.110. The van der Waals surface area contributed by atoms with E-state index in [1.165, 1.54) is 23.5 Å². The molecule has 0 saturated carbocycles. The predicted octanol–water partition coefficient (Wildman–Crippen LogP) is 4.92. The number of anilines is 1. The summed E-state index contributed by atoms with van der Waals surface area (Å²) in [5.41, 5.74) is 0.717. The Morgan fingerprint density at radius 1 is 1.23 bits per heavy atom. The van der Waals surface area contributed by atoms with Gasteiger partial charge in [0.15, 0.2) is 5.78 Å². The molecule has 0 aliphatic carbocycles. The van der Waals surface area contributed by atoms with E-state index in [-0.39, 0.29) is 17.6 Å². The lowest BCUT2D eigenvalue weighted by atomic mass is 9.71. The number of halogens is 2. The smallest absolute Gasteiger partial charge is 0.250 e. The molecule has 2 aliphatic rings. The van der Waals surface area contributed by atoms with Crippen LogP contribution in [0, 0.1) is 11.7 Å². The van der Waals surface area contributed by atoms with E-state index in [1.807, 2.05) is 35.5 Å². The zero-order chi connectivity index (χ0) is 21.0. The van der Waals surface area contributed by atoms with E-state index >= 15 is 0 Å². The van der Waals surface area contributed by atoms with Crippen molar-refractivity contribution in [2.24, 2.45) is 5.92 Å². The van der Waals surface area contributed by atoms with Gasteiger partial charge in [0.2, 0.25) is 5.91 Å². The number of benzene rings is 2. The van der Waals surface area contributed by atoms with E-state index < -0.39 is 17.3 Å². The van der Waals surface area contributed by atoms with Gasteiger partial charge in [0.1, 0.15) is 11.4 Å². The molecule has 1 N–H and O–H groups in total. The maximum absolute atomic E-state index is 14.3. The van der Waals surface area contributed by atoms with E-state index in [4.69, 9.17) is 11.6 Å². The van der Waals surface area contributed by atoms with Crippen molar-refractivity contribution in [3.8, 4) is 0 Å². The summed E-state index contributed by atoms with van der Waals surface area (Å²) in [6.45, 7) is 0.479. The van der Waals surface area contributed by atoms with Gasteiger partial charge in [-0.05, 0) is 54.4 Å². The van der Waals surface area contributed by atoms with Crippen molar-refractivity contribution in [2.75, 3.05) is 18.9 Å². The van der Waals surface area contributed by atoms with Crippen LogP contribution in [0.15, 0.2) is 60.0 Å². The van der Waals surface area contributed by atoms with Gasteiger partial charge in [-0.15, -0.1) is 11.3 Å². The van der Waals surface area contributed by atoms with Crippen LogP contribution in [0.5, 0.6) is 0 Å². The lowest BCUT2D eigenvalue weighted by molar-refractivity contribution is -0.126. The summed E-state index contributed by atoms with van der Waals surface area (Å²) in [6.07, 6.45) is 0. The highest BCUT2D eigenvalue weighted by molar-refractivity contribution is 7.12. The number of ketones is 1. The lowest BCUT2D eigenvalue weighted by Crippen LogP contribution is -2.51. The largest absolute Gasteiger partial charge is 0.324 e. The van der Waals surface area contributed by atoms with Gasteiger partial charge in [0, 0.05) is 28.7 Å². The zero-order valence-electron chi connectivity index (χ0n) is 16.1. The highest BCUT2D eigenvalue weighted by Crippen LogP contribution is 2.55. The molecule has 3 atom stereocenters. The molecule has 4 nitrogen and oxygen atoms in total. The van der Waals surface area contributed by atoms with Gasteiger partial charge in [-0.3, -0.25) is 14.5 Å². The van der Waals surface area contributed by atoms with E-state index in [9.17, 15) is 14.0 Å². The standard InChI is InChI=1S/C23H18ClFN2O2S/c1-27-12-16(13-4-6-14(24)7-5-13)20(21(28)19-3-2-10-30-19)23(27)17-11-15(25)8-9-18(17)26-22(23)29/h2-11,16,20H,12H2,1H3,(H,26,29)/t16-,20+,23+/m1/s1. The third-order valence-corrected chi connectivity index (χ3v) is 7.39. The number of carbonyl (C=O) groups excluding carboxylic acids is 2. The van der Waals surface area contributed by atoms with E-state index in [2.05, 4.69) is 5.32 Å². The number of carbonyl (C=O) groups is 2. The molecular weight excluding hydrogens is 423 g/mol. The van der Waals surface area contributed by atoms with Crippen molar-refractivity contribution in [1.82, 2.24) is 4.90 Å². The Morgan fingerprint density at radius 3 is 2.70 bits per heavy atom. The molecule has 5 rings (SSSR count). The molecule has 1 aromatic heterocycles. The minimum atomic E-state index is -1.27. The molecule has 1 amide bonds. The average Bonchev–Trinajstić information content (AvgIpc) is 3.42. The predicted molar refractivity (Wildman–Crippen MR) is 116 cm³/mol. The molecule has 2 aromatic carbocycles. The van der Waals surface area contributed by atoms with Gasteiger partial charge in [-0.1, -0.05) is 29.8 Å². The summed E-state index contributed by atoms with van der Waals surface area (Å²) < 4.78 is 14.3. The number of hydrogen-bond donors (Lipinski definition) is 1. The first kappa shape index (κ1) is 19.4. The lowest BCUT2D eigenvalue weighted by Gasteiger charge is -2.35. The molecule has 0 bridgehead atoms. The van der Waals surface area contributed by atoms with Gasteiger partial charge in [-0.25, -0.2) is 4.39 Å². The fourth-order valence-corrected chi connectivity index (χ4v) is 5.82. The third-order valence-electron chi connectivity index (χ3n) is 6.26. The Morgan fingerprint density at radius 2 is 2.00 bits per heavy atom. The van der Waals surface area contributed by atoms with Crippen LogP contribution in [0.25, 0.3) is 0 Å². The Bertz CT molecular complexity index is 1150. The van der Waals surface area contributed by atoms with Crippen molar-refractivity contribution in [1.29, 1.82) is 0 Å². The maximum Gasteiger partial charge on any atom is 0.250 e. The summed E-state index contributed by atoms with van der Waals surface area (Å²) in [5.74, 6) is -1.79. The number of hydrogen-bond acceptors (Lipinski definition) is 4. The van der Waals surface area contributed by atoms with Crippen LogP contribution in [0.2, 0.25) is 5.02 Å². The Balaban J connectivity index is 1.74. The molecule has 1 fully saturated rings. The monoisotopic (exact) mass is 440 g/mol. The maximum atomic E-state index is 14.3. The van der Waals surface area contributed by atoms with E-state index in [0.29, 0.717) is 27.7 Å². The molecule has 3 heterocycles. The Hall–Kier alpha value is -2.54. The molecule has 152 valence electrons. The summed E-state index contributed by atoms with van der Waals surface area (Å²) in [5, 5.41) is 5.33. The number of nitrogens with one attached hydrogen (secondary N) is 1. The number of likely N-dealkylation sites (N-methyl/N-ethyl adjacent to an activating group) is 1. The number of Topliss-reactive ketones (excluding diaryl/α,β-unsaturated/α-hetero) is 1. The van der Waals surface area contributed by atoms with Crippen molar-refractivity contribution < 1.29 is 14.0 Å². The van der Waals surface area contributed by atoms with Gasteiger partial charge < -0.3 is 5.32 Å². The van der Waals surface area contributed by atoms with Crippen LogP contribution in [0.1, 0.15) is 26.7 Å². The first-order valence-corrected chi connectivity index (χ1v) is 10.8. The van der Waals surface area contributed by atoms with E-state index in [0.717, 1.165) is 5.56 Å². The third kappa shape index (κ3) is 2.68. The van der Waals surface area contributed by atoms with Gasteiger partial charge in [0.25, 0.3) is 0 Å². The number of rotatable bonds is 3. The second kappa shape index (κ2) is 7.01. The summed E-state index contributed by atoms with van der Waals surface area (Å²) in [7, 11) is 1.82. The Labute approximate surface area is 182 Å². The number of thiophene rings is 1. The van der Waals surface area contributed by atoms with Crippen molar-refractivity contribution in [2.45, 2.75) is 11.5 Å². The number of amides is 1. The highest BCUT2D eigenvalue weighted by Gasteiger charge is 2.64. The number of fused-ring (bicyclic) bond motifs is 2. The number of nitrogens with zero attached hydrogens (tertiary/aromatic N) is 1. The van der Waals surface area contributed by atoms with Crippen LogP contribution in [0.3, 0.4) is 0 Å². The molecule has 7 heteroatoms. The van der Waals surface area contributed by atoms with Gasteiger partial charge in [-0.2, -0.15) is 0 Å². The molecule has 0 radical (unpaired) electrons. The minimum Gasteiger partial charge on any atom is -0.324 e. The first-order valence-electron chi connectivity index (χ1n) is 9.59.